The topological polar surface area (TPSA) is 77.2 Å². The number of nitrogens with one attached hydrogen (secondary N) is 1. The number of amides is 1. The highest BCUT2D eigenvalue weighted by Gasteiger charge is 2.16. The Hall–Kier alpha value is -3.18. The fraction of sp³-hybridized carbons (Fsp3) is 0.182. The van der Waals surface area contributed by atoms with Gasteiger partial charge in [-0.2, -0.15) is 0 Å². The largest absolute Gasteiger partial charge is 0.487 e. The number of ether oxygens (including phenoxy) is 1. The first-order valence-corrected chi connectivity index (χ1v) is 8.84. The summed E-state index contributed by atoms with van der Waals surface area (Å²) in [7, 11) is 0. The molecule has 2 aromatic carbocycles. The summed E-state index contributed by atoms with van der Waals surface area (Å²) < 4.78 is 5.64. The third kappa shape index (κ3) is 4.51. The number of benzene rings is 2. The number of nitrogens with zero attached hydrogens (tertiary/aromatic N) is 1. The molecule has 1 aromatic heterocycles. The second kappa shape index (κ2) is 8.96. The molecular formula is C22H23N3O2. The van der Waals surface area contributed by atoms with Crippen molar-refractivity contribution in [2.24, 2.45) is 5.73 Å². The van der Waals surface area contributed by atoms with E-state index in [2.05, 4.69) is 35.4 Å². The highest BCUT2D eigenvalue weighted by atomic mass is 16.5. The van der Waals surface area contributed by atoms with Gasteiger partial charge in [-0.05, 0) is 29.7 Å². The number of carbonyl (C=O) groups excluding carboxylic acids is 1. The van der Waals surface area contributed by atoms with E-state index in [1.165, 1.54) is 16.7 Å². The van der Waals surface area contributed by atoms with Crippen molar-refractivity contribution in [1.82, 2.24) is 10.3 Å². The van der Waals surface area contributed by atoms with E-state index in [1.54, 1.807) is 12.4 Å². The number of rotatable bonds is 4. The van der Waals surface area contributed by atoms with E-state index in [9.17, 15) is 4.79 Å². The number of nitrogens with two attached hydrogens (primary N) is 1. The van der Waals surface area contributed by atoms with E-state index in [0.29, 0.717) is 19.6 Å². The van der Waals surface area contributed by atoms with E-state index in [0.717, 1.165) is 16.9 Å². The van der Waals surface area contributed by atoms with Crippen molar-refractivity contribution in [1.29, 1.82) is 0 Å². The zero-order valence-corrected chi connectivity index (χ0v) is 15.3. The van der Waals surface area contributed by atoms with Gasteiger partial charge >= 0.3 is 0 Å². The van der Waals surface area contributed by atoms with Crippen LogP contribution in [0, 0.1) is 6.92 Å². The van der Waals surface area contributed by atoms with Crippen LogP contribution in [0.3, 0.4) is 0 Å². The van der Waals surface area contributed by atoms with Crippen molar-refractivity contribution < 1.29 is 9.53 Å². The second-order valence-electron chi connectivity index (χ2n) is 6.30. The number of aromatic nitrogens is 1. The lowest BCUT2D eigenvalue weighted by Crippen LogP contribution is -2.26. The van der Waals surface area contributed by atoms with Gasteiger partial charge in [-0.1, -0.05) is 54.1 Å². The molecule has 0 aliphatic carbocycles. The number of fused-ring (bicyclic) bond motifs is 3. The number of hydrogen-bond donors (Lipinski definition) is 2. The molecule has 0 fully saturated rings. The lowest BCUT2D eigenvalue weighted by molar-refractivity contribution is -0.110. The Morgan fingerprint density at radius 1 is 1.19 bits per heavy atom. The van der Waals surface area contributed by atoms with E-state index in [-0.39, 0.29) is 6.04 Å². The summed E-state index contributed by atoms with van der Waals surface area (Å²) in [4.78, 5) is 14.2. The summed E-state index contributed by atoms with van der Waals surface area (Å²) in [6.07, 6.45) is 4.25. The van der Waals surface area contributed by atoms with Crippen LogP contribution in [0.2, 0.25) is 0 Å². The minimum Gasteiger partial charge on any atom is -0.487 e. The summed E-state index contributed by atoms with van der Waals surface area (Å²) in [5.74, 6) is 0.883. The number of aryl methyl sites for hydroxylation is 1. The van der Waals surface area contributed by atoms with Crippen LogP contribution in [-0.4, -0.2) is 17.9 Å². The van der Waals surface area contributed by atoms with E-state index >= 15 is 0 Å². The van der Waals surface area contributed by atoms with Crippen molar-refractivity contribution in [2.45, 2.75) is 19.6 Å². The Labute approximate surface area is 159 Å². The molecule has 138 valence electrons. The minimum atomic E-state index is -0.0660. The fourth-order valence-corrected chi connectivity index (χ4v) is 3.05. The van der Waals surface area contributed by atoms with Gasteiger partial charge in [-0.3, -0.25) is 9.78 Å². The molecule has 5 nitrogen and oxygen atoms in total. The van der Waals surface area contributed by atoms with Gasteiger partial charge in [0, 0.05) is 18.3 Å². The summed E-state index contributed by atoms with van der Waals surface area (Å²) in [5.41, 5.74) is 11.4. The molecule has 0 saturated heterocycles. The van der Waals surface area contributed by atoms with E-state index in [4.69, 9.17) is 10.5 Å². The maximum Gasteiger partial charge on any atom is 0.207 e. The zero-order valence-electron chi connectivity index (χ0n) is 15.3. The van der Waals surface area contributed by atoms with Gasteiger partial charge in [0.1, 0.15) is 12.4 Å². The molecule has 1 unspecified atom stereocenters. The third-order valence-corrected chi connectivity index (χ3v) is 4.43. The lowest BCUT2D eigenvalue weighted by atomic mass is 9.97. The molecule has 4 rings (SSSR count). The molecular weight excluding hydrogens is 338 g/mol. The van der Waals surface area contributed by atoms with E-state index in [1.807, 2.05) is 36.4 Å². The monoisotopic (exact) mass is 361 g/mol. The average molecular weight is 361 g/mol. The van der Waals surface area contributed by atoms with Crippen LogP contribution in [0.5, 0.6) is 5.75 Å². The van der Waals surface area contributed by atoms with Crippen LogP contribution in [0.25, 0.3) is 11.1 Å². The molecule has 0 radical (unpaired) electrons. The minimum absolute atomic E-state index is 0.0660. The fourth-order valence-electron chi connectivity index (χ4n) is 3.05. The maximum absolute atomic E-state index is 10.2. The molecule has 1 aliphatic rings. The zero-order chi connectivity index (χ0) is 19.1. The number of hydrogen-bond acceptors (Lipinski definition) is 4. The Morgan fingerprint density at radius 3 is 2.74 bits per heavy atom. The van der Waals surface area contributed by atoms with Crippen molar-refractivity contribution in [3.8, 4) is 16.9 Å². The van der Waals surface area contributed by atoms with Crippen LogP contribution >= 0.6 is 0 Å². The first-order valence-electron chi connectivity index (χ1n) is 8.84. The molecule has 27 heavy (non-hydrogen) atoms. The Morgan fingerprint density at radius 2 is 2.00 bits per heavy atom. The standard InChI is InChI=1S/C13H11NO.C9H12N2O/c1-9-2-3-11-10(6-9)8-15-13-7-14-5-4-12(11)13;10-6-9(11-7-12)8-4-2-1-3-5-8/h2-7H,8H2,1H3;1-5,7,9H,6,10H2,(H,11,12). The van der Waals surface area contributed by atoms with Gasteiger partial charge in [-0.25, -0.2) is 0 Å². The molecule has 2 heterocycles. The maximum atomic E-state index is 10.2. The summed E-state index contributed by atoms with van der Waals surface area (Å²) >= 11 is 0. The quantitative estimate of drug-likeness (QED) is 0.699. The Balaban J connectivity index is 0.000000161. The van der Waals surface area contributed by atoms with Crippen molar-refractivity contribution >= 4 is 6.41 Å². The molecule has 0 saturated carbocycles. The van der Waals surface area contributed by atoms with Crippen LogP contribution in [0.1, 0.15) is 22.7 Å². The summed E-state index contributed by atoms with van der Waals surface area (Å²) in [6, 6.07) is 18.1. The highest BCUT2D eigenvalue weighted by molar-refractivity contribution is 5.74. The van der Waals surface area contributed by atoms with Gasteiger partial charge in [0.15, 0.2) is 0 Å². The predicted octanol–water partition coefficient (Wildman–Crippen LogP) is 3.38. The van der Waals surface area contributed by atoms with Gasteiger partial charge in [0.2, 0.25) is 6.41 Å². The number of carbonyl (C=O) groups is 1. The average Bonchev–Trinajstić information content (AvgIpc) is 2.72. The first kappa shape index (κ1) is 18.6. The van der Waals surface area contributed by atoms with Crippen LogP contribution in [0.4, 0.5) is 0 Å². The highest BCUT2D eigenvalue weighted by Crippen LogP contribution is 2.36. The molecule has 1 atom stereocenters. The van der Waals surface area contributed by atoms with Crippen molar-refractivity contribution in [2.75, 3.05) is 6.54 Å². The first-order chi connectivity index (χ1) is 13.2. The van der Waals surface area contributed by atoms with Crippen molar-refractivity contribution in [3.05, 3.63) is 83.7 Å². The molecule has 1 aliphatic heterocycles. The SMILES string of the molecule is Cc1ccc2c(c1)COc1cnccc1-2.NCC(NC=O)c1ccccc1. The Bertz CT molecular complexity index is 897. The van der Waals surface area contributed by atoms with E-state index < -0.39 is 0 Å². The lowest BCUT2D eigenvalue weighted by Gasteiger charge is -2.20. The molecule has 0 bridgehead atoms. The van der Waals surface area contributed by atoms with Gasteiger partial charge in [0.25, 0.3) is 0 Å². The summed E-state index contributed by atoms with van der Waals surface area (Å²) in [5, 5.41) is 2.64. The van der Waals surface area contributed by atoms with Crippen LogP contribution < -0.4 is 15.8 Å². The van der Waals surface area contributed by atoms with Crippen LogP contribution in [-0.2, 0) is 11.4 Å². The normalized spacial score (nSPS) is 12.4. The van der Waals surface area contributed by atoms with Gasteiger partial charge in [-0.15, -0.1) is 0 Å². The summed E-state index contributed by atoms with van der Waals surface area (Å²) in [6.45, 7) is 3.17. The van der Waals surface area contributed by atoms with Gasteiger partial charge < -0.3 is 15.8 Å². The Kier molecular flexibility index (Phi) is 6.18. The molecule has 0 spiro atoms. The van der Waals surface area contributed by atoms with Crippen LogP contribution in [0.15, 0.2) is 67.0 Å². The molecule has 3 aromatic rings. The third-order valence-electron chi connectivity index (χ3n) is 4.43. The molecule has 1 amide bonds. The molecule has 5 heteroatoms. The predicted molar refractivity (Wildman–Crippen MR) is 106 cm³/mol. The number of pyridine rings is 1. The smallest absolute Gasteiger partial charge is 0.207 e. The van der Waals surface area contributed by atoms with Gasteiger partial charge in [0.05, 0.1) is 12.2 Å². The molecule has 3 N–H and O–H groups in total. The van der Waals surface area contributed by atoms with Crippen molar-refractivity contribution in [3.63, 3.8) is 0 Å². The second-order valence-corrected chi connectivity index (χ2v) is 6.30.